The molecule has 1 aromatic heterocycles. The summed E-state index contributed by atoms with van der Waals surface area (Å²) in [5, 5.41) is 9.46. The molecule has 0 amide bonds. The minimum Gasteiger partial charge on any atom is -0.394 e. The smallest absolute Gasteiger partial charge is 0.351 e. The molecule has 0 radical (unpaired) electrons. The predicted molar refractivity (Wildman–Crippen MR) is 88.3 cm³/mol. The predicted octanol–water partition coefficient (Wildman–Crippen LogP) is 0.380. The monoisotopic (exact) mass is 367 g/mol. The van der Waals surface area contributed by atoms with Crippen molar-refractivity contribution < 1.29 is 23.8 Å². The van der Waals surface area contributed by atoms with Gasteiger partial charge < -0.3 is 29.5 Å². The van der Waals surface area contributed by atoms with Gasteiger partial charge in [-0.2, -0.15) is 4.98 Å². The molecular formula is C12H22N3O6PS. The molecule has 0 aliphatic rings. The van der Waals surface area contributed by atoms with E-state index in [-0.39, 0.29) is 5.82 Å². The molecule has 0 spiro atoms. The Morgan fingerprint density at radius 1 is 1.52 bits per heavy atom. The molecule has 1 rings (SSSR count). The van der Waals surface area contributed by atoms with Gasteiger partial charge in [0, 0.05) is 13.3 Å². The SMILES string of the molecule is CC[C@H](OC(C)n1ccc(N)nc1=O)C(CO)OP(O)(=S)OC. The van der Waals surface area contributed by atoms with E-state index < -0.39 is 37.5 Å². The van der Waals surface area contributed by atoms with E-state index in [1.165, 1.54) is 23.9 Å². The van der Waals surface area contributed by atoms with Crippen molar-refractivity contribution in [1.82, 2.24) is 9.55 Å². The maximum Gasteiger partial charge on any atom is 0.351 e. The van der Waals surface area contributed by atoms with Crippen molar-refractivity contribution in [2.75, 3.05) is 19.5 Å². The summed E-state index contributed by atoms with van der Waals surface area (Å²) in [4.78, 5) is 25.2. The summed E-state index contributed by atoms with van der Waals surface area (Å²) < 4.78 is 16.9. The molecule has 0 aromatic carbocycles. The third-order valence-electron chi connectivity index (χ3n) is 3.11. The van der Waals surface area contributed by atoms with Crippen LogP contribution in [0.2, 0.25) is 0 Å². The molecule has 11 heteroatoms. The molecule has 23 heavy (non-hydrogen) atoms. The first-order chi connectivity index (χ1) is 10.7. The third kappa shape index (κ3) is 5.92. The van der Waals surface area contributed by atoms with E-state index in [1.54, 1.807) is 13.8 Å². The molecule has 132 valence electrons. The van der Waals surface area contributed by atoms with E-state index >= 15 is 0 Å². The van der Waals surface area contributed by atoms with Gasteiger partial charge in [0.1, 0.15) is 18.1 Å². The van der Waals surface area contributed by atoms with Crippen molar-refractivity contribution in [2.24, 2.45) is 0 Å². The summed E-state index contributed by atoms with van der Waals surface area (Å²) >= 11 is 4.77. The zero-order chi connectivity index (χ0) is 17.6. The number of aliphatic hydroxyl groups is 1. The summed E-state index contributed by atoms with van der Waals surface area (Å²) in [6.45, 7) is -0.430. The Labute approximate surface area is 139 Å². The second kappa shape index (κ2) is 8.84. The van der Waals surface area contributed by atoms with Crippen LogP contribution in [0.4, 0.5) is 5.82 Å². The first kappa shape index (κ1) is 20.2. The number of hydrogen-bond donors (Lipinski definition) is 3. The van der Waals surface area contributed by atoms with Crippen LogP contribution >= 0.6 is 6.72 Å². The highest BCUT2D eigenvalue weighted by Gasteiger charge is 2.29. The topological polar surface area (TPSA) is 129 Å². The molecule has 0 saturated carbocycles. The van der Waals surface area contributed by atoms with E-state index in [1.807, 2.05) is 0 Å². The summed E-state index contributed by atoms with van der Waals surface area (Å²) in [5.74, 6) is 0.114. The fraction of sp³-hybridized carbons (Fsp3) is 0.667. The second-order valence-electron chi connectivity index (χ2n) is 4.70. The molecule has 4 atom stereocenters. The van der Waals surface area contributed by atoms with Gasteiger partial charge in [-0.1, -0.05) is 6.92 Å². The van der Waals surface area contributed by atoms with Crippen LogP contribution in [-0.2, 0) is 25.6 Å². The van der Waals surface area contributed by atoms with Crippen molar-refractivity contribution in [2.45, 2.75) is 38.7 Å². The van der Waals surface area contributed by atoms with Gasteiger partial charge in [-0.15, -0.1) is 0 Å². The lowest BCUT2D eigenvalue weighted by Gasteiger charge is -2.30. The Bertz CT molecular complexity index is 613. The molecule has 9 nitrogen and oxygen atoms in total. The number of aromatic nitrogens is 2. The zero-order valence-electron chi connectivity index (χ0n) is 13.2. The Balaban J connectivity index is 2.88. The maximum atomic E-state index is 11.8. The number of anilines is 1. The minimum absolute atomic E-state index is 0.114. The number of aliphatic hydroxyl groups excluding tert-OH is 1. The van der Waals surface area contributed by atoms with Crippen molar-refractivity contribution in [1.29, 1.82) is 0 Å². The minimum atomic E-state index is -3.45. The van der Waals surface area contributed by atoms with Crippen molar-refractivity contribution in [3.63, 3.8) is 0 Å². The standard InChI is InChI=1S/C12H22N3O6PS/c1-4-9(10(7-16)21-22(18,23)19-3)20-8(2)15-6-5-11(13)14-12(15)17/h5-6,8-10,16H,4,7H2,1-3H3,(H,18,23)(H2,13,14,17)/t8?,9-,10?,22?/m0/s1. The van der Waals surface area contributed by atoms with Crippen LogP contribution in [0.25, 0.3) is 0 Å². The van der Waals surface area contributed by atoms with Crippen LogP contribution < -0.4 is 11.4 Å². The molecular weight excluding hydrogens is 345 g/mol. The first-order valence-corrected chi connectivity index (χ1v) is 9.51. The highest BCUT2D eigenvalue weighted by atomic mass is 32.5. The molecule has 0 aliphatic carbocycles. The molecule has 0 bridgehead atoms. The third-order valence-corrected chi connectivity index (χ3v) is 4.82. The number of nitrogens with zero attached hydrogens (tertiary/aromatic N) is 2. The molecule has 1 heterocycles. The molecule has 0 aliphatic heterocycles. The highest BCUT2D eigenvalue weighted by molar-refractivity contribution is 8.07. The van der Waals surface area contributed by atoms with Gasteiger partial charge >= 0.3 is 12.4 Å². The second-order valence-corrected chi connectivity index (χ2v) is 7.60. The van der Waals surface area contributed by atoms with Crippen LogP contribution in [0.5, 0.6) is 0 Å². The quantitative estimate of drug-likeness (QED) is 0.530. The molecule has 4 N–H and O–H groups in total. The summed E-state index contributed by atoms with van der Waals surface area (Å²) in [6.07, 6.45) is -0.286. The average Bonchev–Trinajstić information content (AvgIpc) is 2.50. The maximum absolute atomic E-state index is 11.8. The zero-order valence-corrected chi connectivity index (χ0v) is 14.9. The van der Waals surface area contributed by atoms with E-state index in [0.717, 1.165) is 0 Å². The first-order valence-electron chi connectivity index (χ1n) is 6.92. The van der Waals surface area contributed by atoms with Gasteiger partial charge in [0.2, 0.25) is 0 Å². The number of rotatable bonds is 9. The molecule has 3 unspecified atom stereocenters. The van der Waals surface area contributed by atoms with E-state index in [9.17, 15) is 14.8 Å². The van der Waals surface area contributed by atoms with E-state index in [4.69, 9.17) is 31.3 Å². The lowest BCUT2D eigenvalue weighted by Crippen LogP contribution is -2.37. The lowest BCUT2D eigenvalue weighted by atomic mass is 10.1. The van der Waals surface area contributed by atoms with Gasteiger partial charge in [-0.3, -0.25) is 4.57 Å². The Kier molecular flexibility index (Phi) is 7.75. The molecule has 0 fully saturated rings. The van der Waals surface area contributed by atoms with Crippen LogP contribution in [0.1, 0.15) is 26.5 Å². The number of nitrogens with two attached hydrogens (primary N) is 1. The molecule has 1 aromatic rings. The number of hydrogen-bond acceptors (Lipinski definition) is 8. The van der Waals surface area contributed by atoms with Crippen molar-refractivity contribution >= 4 is 24.3 Å². The van der Waals surface area contributed by atoms with Crippen LogP contribution in [0, 0.1) is 0 Å². The van der Waals surface area contributed by atoms with Gasteiger partial charge in [0.25, 0.3) is 0 Å². The van der Waals surface area contributed by atoms with Gasteiger partial charge in [-0.05, 0) is 31.2 Å². The van der Waals surface area contributed by atoms with E-state index in [2.05, 4.69) is 4.98 Å². The Hall–Kier alpha value is -0.870. The average molecular weight is 367 g/mol. The number of nitrogen functional groups attached to an aromatic ring is 1. The fourth-order valence-electron chi connectivity index (χ4n) is 1.90. The fourth-order valence-corrected chi connectivity index (χ4v) is 2.86. The highest BCUT2D eigenvalue weighted by Crippen LogP contribution is 2.44. The van der Waals surface area contributed by atoms with Gasteiger partial charge in [0.15, 0.2) is 0 Å². The summed E-state index contributed by atoms with van der Waals surface area (Å²) in [6, 6.07) is 1.47. The molecule has 0 saturated heterocycles. The van der Waals surface area contributed by atoms with Crippen molar-refractivity contribution in [3.05, 3.63) is 22.7 Å². The van der Waals surface area contributed by atoms with Gasteiger partial charge in [0.05, 0.1) is 12.7 Å². The summed E-state index contributed by atoms with van der Waals surface area (Å²) in [5.41, 5.74) is 4.88. The summed E-state index contributed by atoms with van der Waals surface area (Å²) in [7, 11) is 1.22. The number of ether oxygens (including phenoxy) is 1. The Morgan fingerprint density at radius 2 is 2.17 bits per heavy atom. The lowest BCUT2D eigenvalue weighted by molar-refractivity contribution is -0.106. The van der Waals surface area contributed by atoms with E-state index in [0.29, 0.717) is 6.42 Å². The normalized spacial score (nSPS) is 18.1. The van der Waals surface area contributed by atoms with Gasteiger partial charge in [-0.25, -0.2) is 4.79 Å². The van der Waals surface area contributed by atoms with Crippen molar-refractivity contribution in [3.8, 4) is 0 Å². The largest absolute Gasteiger partial charge is 0.394 e. The Morgan fingerprint density at radius 3 is 2.65 bits per heavy atom. The van der Waals surface area contributed by atoms with Crippen LogP contribution in [0.15, 0.2) is 17.1 Å². The van der Waals surface area contributed by atoms with Crippen LogP contribution in [0.3, 0.4) is 0 Å². The van der Waals surface area contributed by atoms with Crippen LogP contribution in [-0.4, -0.2) is 45.5 Å².